The highest BCUT2D eigenvalue weighted by atomic mass is 16.6. The van der Waals surface area contributed by atoms with E-state index in [1.807, 2.05) is 11.7 Å². The quantitative estimate of drug-likeness (QED) is 0.689. The Kier molecular flexibility index (Phi) is 2.25. The van der Waals surface area contributed by atoms with Gasteiger partial charge in [0.05, 0.1) is 12.3 Å². The Hall–Kier alpha value is -0.870. The van der Waals surface area contributed by atoms with Crippen LogP contribution < -0.4 is 0 Å². The van der Waals surface area contributed by atoms with Gasteiger partial charge < -0.3 is 9.47 Å². The Morgan fingerprint density at radius 1 is 1.40 bits per heavy atom. The van der Waals surface area contributed by atoms with Crippen molar-refractivity contribution in [2.75, 3.05) is 19.8 Å². The smallest absolute Gasteiger partial charge is 0.109 e. The zero-order valence-corrected chi connectivity index (χ0v) is 8.98. The van der Waals surface area contributed by atoms with Gasteiger partial charge in [-0.2, -0.15) is 5.10 Å². The lowest BCUT2D eigenvalue weighted by Crippen LogP contribution is -2.15. The molecule has 2 aliphatic rings. The summed E-state index contributed by atoms with van der Waals surface area (Å²) in [7, 11) is 1.98. The molecule has 0 amide bonds. The lowest BCUT2D eigenvalue weighted by Gasteiger charge is -2.21. The van der Waals surface area contributed by atoms with E-state index in [0.717, 1.165) is 32.7 Å². The van der Waals surface area contributed by atoms with Gasteiger partial charge in [-0.3, -0.25) is 4.68 Å². The minimum absolute atomic E-state index is 0.316. The second kappa shape index (κ2) is 3.61. The van der Waals surface area contributed by atoms with Crippen molar-refractivity contribution >= 4 is 0 Å². The maximum atomic E-state index is 5.38. The number of ether oxygens (including phenoxy) is 2. The van der Waals surface area contributed by atoms with E-state index in [9.17, 15) is 0 Å². The van der Waals surface area contributed by atoms with Crippen LogP contribution in [0.3, 0.4) is 0 Å². The van der Waals surface area contributed by atoms with Gasteiger partial charge >= 0.3 is 0 Å². The van der Waals surface area contributed by atoms with Crippen LogP contribution in [0.1, 0.15) is 36.1 Å². The van der Waals surface area contributed by atoms with Crippen LogP contribution in [0.4, 0.5) is 0 Å². The Morgan fingerprint density at radius 3 is 2.80 bits per heavy atom. The molecule has 2 aliphatic heterocycles. The molecule has 1 aromatic heterocycles. The number of aromatic nitrogens is 2. The highest BCUT2D eigenvalue weighted by Crippen LogP contribution is 2.37. The lowest BCUT2D eigenvalue weighted by atomic mass is 9.93. The molecule has 0 radical (unpaired) electrons. The highest BCUT2D eigenvalue weighted by molar-refractivity contribution is 5.26. The molecule has 15 heavy (non-hydrogen) atoms. The van der Waals surface area contributed by atoms with E-state index < -0.39 is 0 Å². The van der Waals surface area contributed by atoms with Crippen LogP contribution in [-0.4, -0.2) is 29.6 Å². The molecule has 0 aliphatic carbocycles. The predicted octanol–water partition coefficient (Wildman–Crippen LogP) is 1.39. The second-order valence-electron chi connectivity index (χ2n) is 4.35. The first kappa shape index (κ1) is 9.36. The molecule has 4 heteroatoms. The third-order valence-electron chi connectivity index (χ3n) is 3.18. The summed E-state index contributed by atoms with van der Waals surface area (Å²) < 4.78 is 12.6. The molecule has 0 aromatic carbocycles. The SMILES string of the molecule is Cn1cc([C@@H]2CO2)c(C2CCOCC2)n1. The first-order chi connectivity index (χ1) is 7.34. The Bertz CT molecular complexity index is 351. The van der Waals surface area contributed by atoms with Gasteiger partial charge in [-0.25, -0.2) is 0 Å². The minimum Gasteiger partial charge on any atom is -0.381 e. The maximum Gasteiger partial charge on any atom is 0.109 e. The molecule has 0 N–H and O–H groups in total. The van der Waals surface area contributed by atoms with Crippen molar-refractivity contribution in [3.05, 3.63) is 17.5 Å². The van der Waals surface area contributed by atoms with Crippen molar-refractivity contribution in [3.63, 3.8) is 0 Å². The van der Waals surface area contributed by atoms with Gasteiger partial charge in [0.1, 0.15) is 6.10 Å². The number of epoxide rings is 1. The number of rotatable bonds is 2. The molecule has 4 nitrogen and oxygen atoms in total. The van der Waals surface area contributed by atoms with E-state index in [1.54, 1.807) is 0 Å². The van der Waals surface area contributed by atoms with Crippen molar-refractivity contribution in [2.24, 2.45) is 7.05 Å². The second-order valence-corrected chi connectivity index (χ2v) is 4.35. The fourth-order valence-electron chi connectivity index (χ4n) is 2.29. The summed E-state index contributed by atoms with van der Waals surface area (Å²) in [4.78, 5) is 0. The third-order valence-corrected chi connectivity index (χ3v) is 3.18. The van der Waals surface area contributed by atoms with Crippen LogP contribution in [0.15, 0.2) is 6.20 Å². The summed E-state index contributed by atoms with van der Waals surface area (Å²) in [6.07, 6.45) is 4.60. The first-order valence-corrected chi connectivity index (χ1v) is 5.57. The molecule has 1 aromatic rings. The molecule has 3 rings (SSSR count). The standard InChI is InChI=1S/C11H16N2O2/c1-13-6-9(10-7-15-10)11(12-13)8-2-4-14-5-3-8/h6,8,10H,2-5,7H2,1H3/t10-/m0/s1. The van der Waals surface area contributed by atoms with Crippen molar-refractivity contribution in [1.29, 1.82) is 0 Å². The summed E-state index contributed by atoms with van der Waals surface area (Å²) >= 11 is 0. The Labute approximate surface area is 89.2 Å². The number of aryl methyl sites for hydroxylation is 1. The summed E-state index contributed by atoms with van der Waals surface area (Å²) in [6, 6.07) is 0. The topological polar surface area (TPSA) is 39.6 Å². The van der Waals surface area contributed by atoms with Crippen molar-refractivity contribution in [1.82, 2.24) is 9.78 Å². The Morgan fingerprint density at radius 2 is 2.13 bits per heavy atom. The van der Waals surface area contributed by atoms with Crippen LogP contribution in [-0.2, 0) is 16.5 Å². The monoisotopic (exact) mass is 208 g/mol. The molecule has 3 heterocycles. The number of hydrogen-bond acceptors (Lipinski definition) is 3. The molecule has 82 valence electrons. The normalized spacial score (nSPS) is 26.9. The molecule has 0 spiro atoms. The summed E-state index contributed by atoms with van der Waals surface area (Å²) in [5.74, 6) is 0.569. The van der Waals surface area contributed by atoms with E-state index in [0.29, 0.717) is 12.0 Å². The van der Waals surface area contributed by atoms with E-state index in [4.69, 9.17) is 9.47 Å². The van der Waals surface area contributed by atoms with E-state index in [2.05, 4.69) is 11.3 Å². The molecule has 0 bridgehead atoms. The van der Waals surface area contributed by atoms with Gasteiger partial charge in [0.15, 0.2) is 0 Å². The minimum atomic E-state index is 0.316. The van der Waals surface area contributed by atoms with Gasteiger partial charge in [0, 0.05) is 37.9 Å². The van der Waals surface area contributed by atoms with E-state index >= 15 is 0 Å². The lowest BCUT2D eigenvalue weighted by molar-refractivity contribution is 0.0841. The fourth-order valence-corrected chi connectivity index (χ4v) is 2.29. The zero-order chi connectivity index (χ0) is 10.3. The summed E-state index contributed by atoms with van der Waals surface area (Å²) in [5.41, 5.74) is 2.53. The van der Waals surface area contributed by atoms with Gasteiger partial charge in [-0.05, 0) is 12.8 Å². The van der Waals surface area contributed by atoms with Crippen LogP contribution in [0.5, 0.6) is 0 Å². The molecule has 1 atom stereocenters. The third kappa shape index (κ3) is 1.79. The van der Waals surface area contributed by atoms with Crippen LogP contribution in [0.2, 0.25) is 0 Å². The highest BCUT2D eigenvalue weighted by Gasteiger charge is 2.32. The van der Waals surface area contributed by atoms with Gasteiger partial charge in [-0.1, -0.05) is 0 Å². The molecule has 0 unspecified atom stereocenters. The van der Waals surface area contributed by atoms with Crippen molar-refractivity contribution < 1.29 is 9.47 Å². The van der Waals surface area contributed by atoms with Gasteiger partial charge in [-0.15, -0.1) is 0 Å². The zero-order valence-electron chi connectivity index (χ0n) is 8.98. The average Bonchev–Trinajstić information content (AvgIpc) is 3.03. The van der Waals surface area contributed by atoms with Crippen molar-refractivity contribution in [3.8, 4) is 0 Å². The predicted molar refractivity (Wildman–Crippen MR) is 54.7 cm³/mol. The molecule has 2 fully saturated rings. The summed E-state index contributed by atoms with van der Waals surface area (Å²) in [6.45, 7) is 2.60. The van der Waals surface area contributed by atoms with Crippen molar-refractivity contribution in [2.45, 2.75) is 24.9 Å². The average molecular weight is 208 g/mol. The summed E-state index contributed by atoms with van der Waals surface area (Å²) in [5, 5.41) is 4.58. The number of hydrogen-bond donors (Lipinski definition) is 0. The molecular formula is C11H16N2O2. The van der Waals surface area contributed by atoms with Crippen LogP contribution in [0.25, 0.3) is 0 Å². The van der Waals surface area contributed by atoms with E-state index in [-0.39, 0.29) is 0 Å². The first-order valence-electron chi connectivity index (χ1n) is 5.57. The van der Waals surface area contributed by atoms with E-state index in [1.165, 1.54) is 11.3 Å². The number of nitrogens with zero attached hydrogens (tertiary/aromatic N) is 2. The molecular weight excluding hydrogens is 192 g/mol. The van der Waals surface area contributed by atoms with Crippen LogP contribution >= 0.6 is 0 Å². The molecule has 2 saturated heterocycles. The largest absolute Gasteiger partial charge is 0.381 e. The van der Waals surface area contributed by atoms with Gasteiger partial charge in [0.2, 0.25) is 0 Å². The maximum absolute atomic E-state index is 5.38. The molecule has 0 saturated carbocycles. The van der Waals surface area contributed by atoms with Gasteiger partial charge in [0.25, 0.3) is 0 Å². The Balaban J connectivity index is 1.87. The van der Waals surface area contributed by atoms with Crippen LogP contribution in [0, 0.1) is 0 Å². The fraction of sp³-hybridized carbons (Fsp3) is 0.727.